The smallest absolute Gasteiger partial charge is 2.00 e. The molecule has 59 valence electrons. The van der Waals surface area contributed by atoms with Gasteiger partial charge in [-0.1, -0.05) is 0 Å². The molecule has 0 aromatic heterocycles. The third kappa shape index (κ3) is 397. The van der Waals surface area contributed by atoms with E-state index in [2.05, 4.69) is 0 Å². The van der Waals surface area contributed by atoms with Gasteiger partial charge >= 0.3 is 42.0 Å². The monoisotopic (exact) mass is 241 g/mol. The number of phosphoric acid groups is 1. The van der Waals surface area contributed by atoms with E-state index in [4.69, 9.17) is 19.2 Å². The van der Waals surface area contributed by atoms with E-state index in [1.807, 2.05) is 0 Å². The fraction of sp³-hybridized carbons (Fsp3) is 0. The van der Waals surface area contributed by atoms with Crippen LogP contribution in [0.15, 0.2) is 0 Å². The number of hydrogen-bond acceptors (Lipinski definition) is 1. The molecule has 0 aromatic carbocycles. The molecule has 9 heavy (non-hydrogen) atoms. The van der Waals surface area contributed by atoms with Gasteiger partial charge in [-0.15, -0.1) is 0 Å². The van der Waals surface area contributed by atoms with Crippen LogP contribution in [-0.4, -0.2) is 14.7 Å². The van der Waals surface area contributed by atoms with Gasteiger partial charge in [-0.25, -0.2) is 4.57 Å². The van der Waals surface area contributed by atoms with Crippen molar-refractivity contribution in [3.63, 3.8) is 0 Å². The molecule has 6 nitrogen and oxygen atoms in total. The van der Waals surface area contributed by atoms with Crippen molar-refractivity contribution >= 4 is 7.82 Å². The predicted octanol–water partition coefficient (Wildman–Crippen LogP) is -1.17. The first-order chi connectivity index (χ1) is 2.00. The molecular formula is H3FeMnO6P. The molecule has 0 aromatic rings. The van der Waals surface area contributed by atoms with Gasteiger partial charge in [0, 0.05) is 0 Å². The van der Waals surface area contributed by atoms with E-state index in [0.717, 1.165) is 0 Å². The minimum Gasteiger partial charge on any atom is -2.00 e. The van der Waals surface area contributed by atoms with Crippen LogP contribution in [-0.2, 0) is 49.7 Å². The maximum Gasteiger partial charge on any atom is 2.00 e. The van der Waals surface area contributed by atoms with Crippen molar-refractivity contribution in [1.29, 1.82) is 0 Å². The van der Waals surface area contributed by atoms with Gasteiger partial charge in [0.05, 0.1) is 0 Å². The normalized spacial score (nSPS) is 6.56. The van der Waals surface area contributed by atoms with E-state index in [9.17, 15) is 0 Å². The summed E-state index contributed by atoms with van der Waals surface area (Å²) in [5, 5.41) is 0. The Morgan fingerprint density at radius 3 is 1.00 bits per heavy atom. The van der Waals surface area contributed by atoms with Gasteiger partial charge in [0.25, 0.3) is 0 Å². The largest absolute Gasteiger partial charge is 2.00 e. The Kier molecular flexibility index (Phi) is 42.3. The zero-order valence-electron chi connectivity index (χ0n) is 3.75. The molecule has 0 spiro atoms. The molecule has 0 rings (SSSR count). The summed E-state index contributed by atoms with van der Waals surface area (Å²) in [5.74, 6) is 0. The van der Waals surface area contributed by atoms with E-state index < -0.39 is 7.82 Å². The maximum absolute atomic E-state index is 8.88. The van der Waals surface area contributed by atoms with Crippen LogP contribution in [0.1, 0.15) is 0 Å². The van der Waals surface area contributed by atoms with Crippen LogP contribution in [0.5, 0.6) is 0 Å². The van der Waals surface area contributed by atoms with Gasteiger partial charge in [-0.05, 0) is 0 Å². The SMILES string of the molecule is O=P(O)(O)O.[Fe+2].[Mn+2].[O-2].[O-2]. The van der Waals surface area contributed by atoms with Crippen molar-refractivity contribution in [2.75, 3.05) is 0 Å². The number of rotatable bonds is 0. The molecule has 0 aliphatic carbocycles. The second kappa shape index (κ2) is 11.8. The molecular weight excluding hydrogens is 238 g/mol. The third-order valence-corrected chi connectivity index (χ3v) is 0. The third-order valence-electron chi connectivity index (χ3n) is 0. The molecule has 0 saturated heterocycles. The molecule has 1 radical (unpaired) electrons. The molecule has 0 amide bonds. The topological polar surface area (TPSA) is 135 Å². The Morgan fingerprint density at radius 1 is 1.00 bits per heavy atom. The van der Waals surface area contributed by atoms with Crippen LogP contribution >= 0.6 is 7.82 Å². The number of hydrogen-bond donors (Lipinski definition) is 3. The summed E-state index contributed by atoms with van der Waals surface area (Å²) in [6, 6.07) is 0. The van der Waals surface area contributed by atoms with Gasteiger partial charge in [0.2, 0.25) is 0 Å². The second-order valence-electron chi connectivity index (χ2n) is 0.513. The van der Waals surface area contributed by atoms with Crippen molar-refractivity contribution in [1.82, 2.24) is 0 Å². The second-order valence-corrected chi connectivity index (χ2v) is 1.54. The standard InChI is InChI=1S/Fe.Mn.H3O4P.2O/c;;1-5(2,3)4;;/h;;(H3,1,2,3,4);;/q2*+2;;2*-2. The summed E-state index contributed by atoms with van der Waals surface area (Å²) >= 11 is 0. The fourth-order valence-corrected chi connectivity index (χ4v) is 0. The van der Waals surface area contributed by atoms with Gasteiger partial charge in [-0.3, -0.25) is 0 Å². The van der Waals surface area contributed by atoms with Crippen LogP contribution < -0.4 is 0 Å². The fourth-order valence-electron chi connectivity index (χ4n) is 0. The maximum atomic E-state index is 8.88. The summed E-state index contributed by atoms with van der Waals surface area (Å²) in [6.45, 7) is 0. The summed E-state index contributed by atoms with van der Waals surface area (Å²) in [7, 11) is -4.64. The van der Waals surface area contributed by atoms with Crippen molar-refractivity contribution < 1.29 is 64.3 Å². The summed E-state index contributed by atoms with van der Waals surface area (Å²) in [6.07, 6.45) is 0. The van der Waals surface area contributed by atoms with Crippen LogP contribution in [0.3, 0.4) is 0 Å². The minimum absolute atomic E-state index is 0. The van der Waals surface area contributed by atoms with Gasteiger partial charge in [0.1, 0.15) is 0 Å². The molecule has 0 aliphatic rings. The zero-order chi connectivity index (χ0) is 4.50. The molecule has 3 N–H and O–H groups in total. The van der Waals surface area contributed by atoms with E-state index in [1.54, 1.807) is 0 Å². The van der Waals surface area contributed by atoms with Gasteiger partial charge in [-0.2, -0.15) is 0 Å². The summed E-state index contributed by atoms with van der Waals surface area (Å²) in [4.78, 5) is 21.6. The summed E-state index contributed by atoms with van der Waals surface area (Å²) in [5.41, 5.74) is 0. The quantitative estimate of drug-likeness (QED) is 0.363. The molecule has 0 heterocycles. The predicted molar refractivity (Wildman–Crippen MR) is 15.6 cm³/mol. The first-order valence-electron chi connectivity index (χ1n) is 0.783. The van der Waals surface area contributed by atoms with Crippen molar-refractivity contribution in [3.05, 3.63) is 0 Å². The Hall–Kier alpha value is 1.07. The molecule has 0 unspecified atom stereocenters. The van der Waals surface area contributed by atoms with Crippen LogP contribution in [0.25, 0.3) is 0 Å². The molecule has 0 atom stereocenters. The average molecular weight is 241 g/mol. The molecule has 0 bridgehead atoms. The van der Waals surface area contributed by atoms with Crippen molar-refractivity contribution in [2.45, 2.75) is 0 Å². The van der Waals surface area contributed by atoms with Crippen LogP contribution in [0.4, 0.5) is 0 Å². The van der Waals surface area contributed by atoms with Crippen molar-refractivity contribution in [2.24, 2.45) is 0 Å². The molecule has 0 fully saturated rings. The van der Waals surface area contributed by atoms with Crippen LogP contribution in [0, 0.1) is 0 Å². The molecule has 0 saturated carbocycles. The Balaban J connectivity index is -0.0000000133. The average Bonchev–Trinajstić information content (AvgIpc) is 0.722. The van der Waals surface area contributed by atoms with E-state index >= 15 is 0 Å². The van der Waals surface area contributed by atoms with E-state index in [1.165, 1.54) is 0 Å². The molecule has 9 heteroatoms. The first-order valence-corrected chi connectivity index (χ1v) is 2.35. The Morgan fingerprint density at radius 2 is 1.00 bits per heavy atom. The van der Waals surface area contributed by atoms with E-state index in [0.29, 0.717) is 0 Å². The summed E-state index contributed by atoms with van der Waals surface area (Å²) < 4.78 is 8.88. The van der Waals surface area contributed by atoms with Crippen molar-refractivity contribution in [3.8, 4) is 0 Å². The Bertz CT molecular complexity index is 59.2. The van der Waals surface area contributed by atoms with E-state index in [-0.39, 0.29) is 45.1 Å². The minimum atomic E-state index is -4.64. The van der Waals surface area contributed by atoms with Gasteiger partial charge < -0.3 is 25.6 Å². The first kappa shape index (κ1) is 32.2. The van der Waals surface area contributed by atoms with Crippen LogP contribution in [0.2, 0.25) is 0 Å². The molecule has 0 aliphatic heterocycles. The zero-order valence-corrected chi connectivity index (χ0v) is 6.92. The van der Waals surface area contributed by atoms with Gasteiger partial charge in [0.15, 0.2) is 0 Å². The Labute approximate surface area is 72.5 Å².